The van der Waals surface area contributed by atoms with Gasteiger partial charge in [0.25, 0.3) is 5.91 Å². The maximum atomic E-state index is 13.0. The van der Waals surface area contributed by atoms with Gasteiger partial charge in [-0.15, -0.1) is 0 Å². The number of fused-ring (bicyclic) bond motifs is 1. The van der Waals surface area contributed by atoms with Crippen molar-refractivity contribution in [2.24, 2.45) is 5.92 Å². The van der Waals surface area contributed by atoms with Crippen molar-refractivity contribution < 1.29 is 29.6 Å². The largest absolute Gasteiger partial charge is 0.387 e. The molecule has 2 aromatic rings. The fourth-order valence-electron chi connectivity index (χ4n) is 5.09. The van der Waals surface area contributed by atoms with Gasteiger partial charge in [0, 0.05) is 12.8 Å². The van der Waals surface area contributed by atoms with Gasteiger partial charge in [0.2, 0.25) is 5.91 Å². The highest BCUT2D eigenvalue weighted by Crippen LogP contribution is 2.29. The second-order valence-corrected chi connectivity index (χ2v) is 9.88. The van der Waals surface area contributed by atoms with Crippen molar-refractivity contribution in [3.8, 4) is 11.1 Å². The van der Waals surface area contributed by atoms with Gasteiger partial charge >= 0.3 is 0 Å². The molecule has 1 aliphatic heterocycles. The zero-order chi connectivity index (χ0) is 26.4. The molecule has 1 saturated carbocycles. The van der Waals surface area contributed by atoms with E-state index >= 15 is 0 Å². The fraction of sp³-hybridized carbons (Fsp3) is 0.448. The van der Waals surface area contributed by atoms with Crippen LogP contribution in [0.1, 0.15) is 37.7 Å². The lowest BCUT2D eigenvalue weighted by atomic mass is 9.98. The van der Waals surface area contributed by atoms with Crippen molar-refractivity contribution in [2.75, 3.05) is 12.4 Å². The average Bonchev–Trinajstić information content (AvgIpc) is 3.39. The van der Waals surface area contributed by atoms with Crippen LogP contribution in [0.2, 0.25) is 0 Å². The minimum Gasteiger partial charge on any atom is -0.387 e. The first kappa shape index (κ1) is 27.0. The van der Waals surface area contributed by atoms with E-state index in [9.17, 15) is 24.9 Å². The number of carbonyl (C=O) groups is 2. The number of anilines is 1. The standard InChI is InChI=1S/C29H36N2O6/c1-37-27(26(34)25(33)24(32)16-11-18-7-5-6-8-18)29(36)31-23-15-13-21-17-20(19-9-3-2-4-10-19)12-14-22(21)30-28(23)35/h2-4,9-12,14,16-18,23-27,32-34H,5-8,13,15H2,1H3,(H,30,35)(H,31,36)/b16-11+/t23-,24+,25-,26+,27+/m0/s1. The molecule has 1 aliphatic carbocycles. The predicted octanol–water partition coefficient (Wildman–Crippen LogP) is 2.57. The summed E-state index contributed by atoms with van der Waals surface area (Å²) in [5.41, 5.74) is 3.76. The van der Waals surface area contributed by atoms with E-state index in [-0.39, 0.29) is 5.91 Å². The molecule has 0 spiro atoms. The molecule has 0 unspecified atom stereocenters. The Labute approximate surface area is 217 Å². The Morgan fingerprint density at radius 1 is 1.03 bits per heavy atom. The van der Waals surface area contributed by atoms with Gasteiger partial charge in [-0.05, 0) is 60.4 Å². The molecule has 5 N–H and O–H groups in total. The number of amides is 2. The molecule has 8 heteroatoms. The first-order chi connectivity index (χ1) is 17.9. The Kier molecular flexibility index (Phi) is 9.10. The molecule has 1 fully saturated rings. The second kappa shape index (κ2) is 12.5. The highest BCUT2D eigenvalue weighted by Gasteiger charge is 2.37. The molecule has 4 rings (SSSR count). The molecule has 2 amide bonds. The number of hydrogen-bond acceptors (Lipinski definition) is 6. The van der Waals surface area contributed by atoms with Crippen LogP contribution in [0, 0.1) is 5.92 Å². The predicted molar refractivity (Wildman–Crippen MR) is 141 cm³/mol. The van der Waals surface area contributed by atoms with Crippen molar-refractivity contribution in [1.29, 1.82) is 0 Å². The van der Waals surface area contributed by atoms with Crippen molar-refractivity contribution in [2.45, 2.75) is 69.0 Å². The molecule has 198 valence electrons. The van der Waals surface area contributed by atoms with E-state index in [1.807, 2.05) is 54.6 Å². The van der Waals surface area contributed by atoms with Crippen LogP contribution in [0.25, 0.3) is 11.1 Å². The van der Waals surface area contributed by atoms with E-state index in [0.29, 0.717) is 24.4 Å². The Morgan fingerprint density at radius 3 is 2.46 bits per heavy atom. The zero-order valence-electron chi connectivity index (χ0n) is 21.0. The Bertz CT molecular complexity index is 1100. The molecule has 8 nitrogen and oxygen atoms in total. The molecule has 37 heavy (non-hydrogen) atoms. The van der Waals surface area contributed by atoms with Crippen LogP contribution in [0.3, 0.4) is 0 Å². The Morgan fingerprint density at radius 2 is 1.76 bits per heavy atom. The van der Waals surface area contributed by atoms with Gasteiger partial charge in [-0.2, -0.15) is 0 Å². The van der Waals surface area contributed by atoms with Gasteiger partial charge in [0.05, 0.1) is 0 Å². The van der Waals surface area contributed by atoms with Crippen LogP contribution >= 0.6 is 0 Å². The molecular formula is C29H36N2O6. The minimum atomic E-state index is -1.69. The highest BCUT2D eigenvalue weighted by atomic mass is 16.5. The fourth-order valence-corrected chi connectivity index (χ4v) is 5.09. The summed E-state index contributed by atoms with van der Waals surface area (Å²) < 4.78 is 5.17. The van der Waals surface area contributed by atoms with E-state index in [0.717, 1.165) is 42.4 Å². The summed E-state index contributed by atoms with van der Waals surface area (Å²) in [6, 6.07) is 14.9. The monoisotopic (exact) mass is 508 g/mol. The van der Waals surface area contributed by atoms with Gasteiger partial charge in [-0.1, -0.05) is 61.4 Å². The molecule has 5 atom stereocenters. The number of rotatable bonds is 9. The van der Waals surface area contributed by atoms with Gasteiger partial charge in [-0.25, -0.2) is 0 Å². The summed E-state index contributed by atoms with van der Waals surface area (Å²) in [5.74, 6) is -0.761. The van der Waals surface area contributed by atoms with Crippen LogP contribution in [0.15, 0.2) is 60.7 Å². The van der Waals surface area contributed by atoms with Crippen molar-refractivity contribution in [1.82, 2.24) is 5.32 Å². The molecule has 0 radical (unpaired) electrons. The Hall–Kier alpha value is -3.04. The number of nitrogens with one attached hydrogen (secondary N) is 2. The first-order valence-electron chi connectivity index (χ1n) is 12.9. The lowest BCUT2D eigenvalue weighted by molar-refractivity contribution is -0.150. The number of aliphatic hydroxyl groups excluding tert-OH is 3. The smallest absolute Gasteiger partial charge is 0.252 e. The molecule has 0 aromatic heterocycles. The van der Waals surface area contributed by atoms with E-state index < -0.39 is 36.4 Å². The lowest BCUT2D eigenvalue weighted by Gasteiger charge is -2.28. The van der Waals surface area contributed by atoms with Gasteiger partial charge in [0.1, 0.15) is 24.4 Å². The van der Waals surface area contributed by atoms with Crippen LogP contribution < -0.4 is 10.6 Å². The number of benzene rings is 2. The van der Waals surface area contributed by atoms with Gasteiger partial charge < -0.3 is 30.7 Å². The maximum absolute atomic E-state index is 13.0. The third kappa shape index (κ3) is 6.64. The summed E-state index contributed by atoms with van der Waals surface area (Å²) >= 11 is 0. The topological polar surface area (TPSA) is 128 Å². The molecule has 2 aromatic carbocycles. The highest BCUT2D eigenvalue weighted by molar-refractivity contribution is 5.99. The molecule has 2 aliphatic rings. The van der Waals surface area contributed by atoms with Gasteiger partial charge in [0.15, 0.2) is 6.10 Å². The summed E-state index contributed by atoms with van der Waals surface area (Å²) in [4.78, 5) is 25.8. The van der Waals surface area contributed by atoms with Crippen LogP contribution in [0.4, 0.5) is 5.69 Å². The van der Waals surface area contributed by atoms with Crippen molar-refractivity contribution >= 4 is 17.5 Å². The molecular weight excluding hydrogens is 472 g/mol. The van der Waals surface area contributed by atoms with E-state index in [4.69, 9.17) is 4.74 Å². The third-order valence-corrected chi connectivity index (χ3v) is 7.31. The van der Waals surface area contributed by atoms with Crippen LogP contribution in [0.5, 0.6) is 0 Å². The number of aryl methyl sites for hydroxylation is 1. The van der Waals surface area contributed by atoms with E-state index in [1.165, 1.54) is 13.2 Å². The van der Waals surface area contributed by atoms with Crippen LogP contribution in [-0.4, -0.2) is 64.7 Å². The summed E-state index contributed by atoms with van der Waals surface area (Å²) in [5, 5.41) is 36.9. The zero-order valence-corrected chi connectivity index (χ0v) is 21.0. The third-order valence-electron chi connectivity index (χ3n) is 7.31. The molecule has 0 saturated heterocycles. The summed E-state index contributed by atoms with van der Waals surface area (Å²) in [6.07, 6.45) is 2.43. The summed E-state index contributed by atoms with van der Waals surface area (Å²) in [6.45, 7) is 0. The summed E-state index contributed by atoms with van der Waals surface area (Å²) in [7, 11) is 1.23. The number of allylic oxidation sites excluding steroid dienone is 1. The minimum absolute atomic E-state index is 0.349. The number of ether oxygens (including phenoxy) is 1. The molecule has 0 bridgehead atoms. The second-order valence-electron chi connectivity index (χ2n) is 9.88. The lowest BCUT2D eigenvalue weighted by Crippen LogP contribution is -2.55. The SMILES string of the molecule is CO[C@@H](C(=O)N[C@H]1CCc2cc(-c3ccccc3)ccc2NC1=O)[C@H](O)[C@@H](O)[C@H](O)/C=C/C1CCCC1. The normalized spacial score (nSPS) is 21.5. The quantitative estimate of drug-likeness (QED) is 0.331. The Balaban J connectivity index is 1.38. The number of carbonyl (C=O) groups excluding carboxylic acids is 2. The van der Waals surface area contributed by atoms with Crippen molar-refractivity contribution in [3.05, 3.63) is 66.2 Å². The first-order valence-corrected chi connectivity index (χ1v) is 12.9. The van der Waals surface area contributed by atoms with E-state index in [2.05, 4.69) is 10.6 Å². The van der Waals surface area contributed by atoms with Crippen molar-refractivity contribution in [3.63, 3.8) is 0 Å². The number of aliphatic hydroxyl groups is 3. The van der Waals surface area contributed by atoms with E-state index in [1.54, 1.807) is 0 Å². The number of methoxy groups -OCH3 is 1. The number of hydrogen-bond donors (Lipinski definition) is 5. The van der Waals surface area contributed by atoms with Crippen LogP contribution in [-0.2, 0) is 20.7 Å². The molecule has 1 heterocycles. The van der Waals surface area contributed by atoms with Gasteiger partial charge in [-0.3, -0.25) is 9.59 Å². The average molecular weight is 509 g/mol. The maximum Gasteiger partial charge on any atom is 0.252 e.